The minimum Gasteiger partial charge on any atom is -0.386 e. The lowest BCUT2D eigenvalue weighted by atomic mass is 9.96. The van der Waals surface area contributed by atoms with E-state index in [1.54, 1.807) is 6.20 Å². The van der Waals surface area contributed by atoms with Gasteiger partial charge in [-0.05, 0) is 30.0 Å². The summed E-state index contributed by atoms with van der Waals surface area (Å²) in [5.41, 5.74) is 3.67. The van der Waals surface area contributed by atoms with Crippen molar-refractivity contribution in [1.29, 1.82) is 5.26 Å². The van der Waals surface area contributed by atoms with E-state index in [0.717, 1.165) is 23.0 Å². The summed E-state index contributed by atoms with van der Waals surface area (Å²) in [7, 11) is 1.84. The number of benzene rings is 1. The first-order valence-corrected chi connectivity index (χ1v) is 6.21. The molecule has 3 heteroatoms. The number of nitrogens with one attached hydrogen (secondary N) is 1. The summed E-state index contributed by atoms with van der Waals surface area (Å²) >= 11 is 0. The number of anilines is 1. The molecule has 2 rings (SSSR count). The number of hydrogen-bond donors (Lipinski definition) is 1. The molecule has 1 aromatic carbocycles. The summed E-state index contributed by atoms with van der Waals surface area (Å²) in [5, 5.41) is 13.2. The minimum atomic E-state index is 0.518. The molecule has 0 amide bonds. The third kappa shape index (κ3) is 2.02. The number of rotatable bonds is 3. The zero-order chi connectivity index (χ0) is 13.1. The molecule has 18 heavy (non-hydrogen) atoms. The van der Waals surface area contributed by atoms with E-state index >= 15 is 0 Å². The first kappa shape index (κ1) is 12.4. The number of nitrogens with zero attached hydrogens (tertiary/aromatic N) is 2. The molecule has 1 atom stereocenters. The molecular formula is C15H17N3. The van der Waals surface area contributed by atoms with Gasteiger partial charge in [0, 0.05) is 18.6 Å². The highest BCUT2D eigenvalue weighted by Gasteiger charge is 2.10. The SMILES string of the molecule is CCC(C)c1ccc2ncc(C#N)c(NC)c2c1. The van der Waals surface area contributed by atoms with E-state index in [2.05, 4.69) is 42.4 Å². The summed E-state index contributed by atoms with van der Waals surface area (Å²) in [6.07, 6.45) is 2.73. The van der Waals surface area contributed by atoms with Crippen LogP contribution < -0.4 is 5.32 Å². The topological polar surface area (TPSA) is 48.7 Å². The van der Waals surface area contributed by atoms with Crippen molar-refractivity contribution in [3.8, 4) is 6.07 Å². The Morgan fingerprint density at radius 3 is 2.83 bits per heavy atom. The van der Waals surface area contributed by atoms with Gasteiger partial charge >= 0.3 is 0 Å². The number of aromatic nitrogens is 1. The van der Waals surface area contributed by atoms with Gasteiger partial charge in [-0.25, -0.2) is 0 Å². The zero-order valence-electron chi connectivity index (χ0n) is 11.0. The largest absolute Gasteiger partial charge is 0.386 e. The quantitative estimate of drug-likeness (QED) is 0.889. The first-order chi connectivity index (χ1) is 8.71. The third-order valence-electron chi connectivity index (χ3n) is 3.44. The second kappa shape index (κ2) is 5.05. The molecule has 0 radical (unpaired) electrons. The summed E-state index contributed by atoms with van der Waals surface area (Å²) in [4.78, 5) is 4.32. The molecule has 0 spiro atoms. The highest BCUT2D eigenvalue weighted by Crippen LogP contribution is 2.29. The molecule has 0 aliphatic heterocycles. The molecule has 92 valence electrons. The molecule has 0 aliphatic rings. The highest BCUT2D eigenvalue weighted by atomic mass is 14.8. The van der Waals surface area contributed by atoms with Crippen molar-refractivity contribution in [2.24, 2.45) is 0 Å². The van der Waals surface area contributed by atoms with Crippen molar-refractivity contribution in [3.05, 3.63) is 35.5 Å². The summed E-state index contributed by atoms with van der Waals surface area (Å²) in [6, 6.07) is 8.46. The van der Waals surface area contributed by atoms with Gasteiger partial charge in [0.05, 0.1) is 16.8 Å². The van der Waals surface area contributed by atoms with Gasteiger partial charge in [-0.15, -0.1) is 0 Å². The molecular weight excluding hydrogens is 222 g/mol. The number of fused-ring (bicyclic) bond motifs is 1. The van der Waals surface area contributed by atoms with E-state index < -0.39 is 0 Å². The molecule has 3 nitrogen and oxygen atoms in total. The predicted molar refractivity (Wildman–Crippen MR) is 74.7 cm³/mol. The van der Waals surface area contributed by atoms with E-state index in [-0.39, 0.29) is 0 Å². The third-order valence-corrected chi connectivity index (χ3v) is 3.44. The van der Waals surface area contributed by atoms with E-state index in [4.69, 9.17) is 5.26 Å². The van der Waals surface area contributed by atoms with Crippen molar-refractivity contribution >= 4 is 16.6 Å². The maximum atomic E-state index is 9.10. The maximum absolute atomic E-state index is 9.10. The Kier molecular flexibility index (Phi) is 3.47. The molecule has 0 saturated carbocycles. The summed E-state index contributed by atoms with van der Waals surface area (Å²) in [6.45, 7) is 4.39. The van der Waals surface area contributed by atoms with Crippen molar-refractivity contribution in [1.82, 2.24) is 4.98 Å². The van der Waals surface area contributed by atoms with E-state index in [0.29, 0.717) is 11.5 Å². The zero-order valence-corrected chi connectivity index (χ0v) is 11.0. The average molecular weight is 239 g/mol. The van der Waals surface area contributed by atoms with Crippen LogP contribution in [0.3, 0.4) is 0 Å². The average Bonchev–Trinajstić information content (AvgIpc) is 2.44. The molecule has 2 aromatic rings. The van der Waals surface area contributed by atoms with Gasteiger partial charge in [-0.3, -0.25) is 4.98 Å². The van der Waals surface area contributed by atoms with E-state index in [9.17, 15) is 0 Å². The highest BCUT2D eigenvalue weighted by molar-refractivity contribution is 5.94. The molecule has 1 unspecified atom stereocenters. The van der Waals surface area contributed by atoms with Crippen LogP contribution in [0.15, 0.2) is 24.4 Å². The maximum Gasteiger partial charge on any atom is 0.103 e. The normalized spacial score (nSPS) is 12.1. The van der Waals surface area contributed by atoms with Crippen LogP contribution in [0, 0.1) is 11.3 Å². The second-order valence-electron chi connectivity index (χ2n) is 4.49. The van der Waals surface area contributed by atoms with Crippen molar-refractivity contribution in [3.63, 3.8) is 0 Å². The van der Waals surface area contributed by atoms with Gasteiger partial charge in [0.1, 0.15) is 6.07 Å². The van der Waals surface area contributed by atoms with E-state index in [1.165, 1.54) is 5.56 Å². The van der Waals surface area contributed by atoms with Gasteiger partial charge in [-0.1, -0.05) is 19.9 Å². The summed E-state index contributed by atoms with van der Waals surface area (Å²) < 4.78 is 0. The summed E-state index contributed by atoms with van der Waals surface area (Å²) in [5.74, 6) is 0.518. The van der Waals surface area contributed by atoms with Crippen LogP contribution in [0.5, 0.6) is 0 Å². The fourth-order valence-electron chi connectivity index (χ4n) is 2.11. The fourth-order valence-corrected chi connectivity index (χ4v) is 2.11. The molecule has 0 bridgehead atoms. The van der Waals surface area contributed by atoms with Crippen LogP contribution in [0.1, 0.15) is 37.3 Å². The van der Waals surface area contributed by atoms with Crippen LogP contribution in [0.25, 0.3) is 10.9 Å². The number of pyridine rings is 1. The fraction of sp³-hybridized carbons (Fsp3) is 0.333. The Morgan fingerprint density at radius 2 is 2.22 bits per heavy atom. The molecule has 0 aliphatic carbocycles. The van der Waals surface area contributed by atoms with Crippen molar-refractivity contribution < 1.29 is 0 Å². The molecule has 1 heterocycles. The van der Waals surface area contributed by atoms with E-state index in [1.807, 2.05) is 13.1 Å². The molecule has 0 saturated heterocycles. The Bertz CT molecular complexity index is 611. The Hall–Kier alpha value is -2.08. The van der Waals surface area contributed by atoms with Gasteiger partial charge in [-0.2, -0.15) is 5.26 Å². The van der Waals surface area contributed by atoms with Crippen LogP contribution in [-0.4, -0.2) is 12.0 Å². The van der Waals surface area contributed by atoms with Crippen LogP contribution in [0.2, 0.25) is 0 Å². The van der Waals surface area contributed by atoms with Crippen molar-refractivity contribution in [2.45, 2.75) is 26.2 Å². The van der Waals surface area contributed by atoms with Gasteiger partial charge in [0.25, 0.3) is 0 Å². The van der Waals surface area contributed by atoms with Gasteiger partial charge < -0.3 is 5.32 Å². The lowest BCUT2D eigenvalue weighted by Gasteiger charge is -2.12. The van der Waals surface area contributed by atoms with Crippen LogP contribution in [-0.2, 0) is 0 Å². The smallest absolute Gasteiger partial charge is 0.103 e. The van der Waals surface area contributed by atoms with Crippen molar-refractivity contribution in [2.75, 3.05) is 12.4 Å². The van der Waals surface area contributed by atoms with Crippen LogP contribution in [0.4, 0.5) is 5.69 Å². The Balaban J connectivity index is 2.70. The predicted octanol–water partition coefficient (Wildman–Crippen LogP) is 3.66. The lowest BCUT2D eigenvalue weighted by molar-refractivity contribution is 0.734. The van der Waals surface area contributed by atoms with Crippen LogP contribution >= 0.6 is 0 Å². The molecule has 0 fully saturated rings. The monoisotopic (exact) mass is 239 g/mol. The second-order valence-corrected chi connectivity index (χ2v) is 4.49. The lowest BCUT2D eigenvalue weighted by Crippen LogP contribution is -1.97. The van der Waals surface area contributed by atoms with Gasteiger partial charge in [0.2, 0.25) is 0 Å². The molecule has 1 N–H and O–H groups in total. The minimum absolute atomic E-state index is 0.518. The Labute approximate surface area is 107 Å². The standard InChI is InChI=1S/C15H17N3/c1-4-10(2)11-5-6-14-13(7-11)15(17-3)12(8-16)9-18-14/h5-7,9-10H,4H2,1-3H3,(H,17,18). The Morgan fingerprint density at radius 1 is 1.44 bits per heavy atom. The molecule has 1 aromatic heterocycles. The van der Waals surface area contributed by atoms with Gasteiger partial charge in [0.15, 0.2) is 0 Å². The number of hydrogen-bond acceptors (Lipinski definition) is 3. The number of nitriles is 1. The first-order valence-electron chi connectivity index (χ1n) is 6.21.